The summed E-state index contributed by atoms with van der Waals surface area (Å²) >= 11 is 0. The van der Waals surface area contributed by atoms with Crippen LogP contribution < -0.4 is 10.1 Å². The molecular weight excluding hydrogens is 264 g/mol. The van der Waals surface area contributed by atoms with E-state index in [1.165, 1.54) is 24.0 Å². The second-order valence-corrected chi connectivity index (χ2v) is 6.36. The van der Waals surface area contributed by atoms with Crippen molar-refractivity contribution in [1.82, 2.24) is 5.32 Å². The Bertz CT molecular complexity index is 599. The van der Waals surface area contributed by atoms with Crippen LogP contribution in [0.15, 0.2) is 30.0 Å². The number of benzene rings is 1. The van der Waals surface area contributed by atoms with Gasteiger partial charge in [0.2, 0.25) is 0 Å². The van der Waals surface area contributed by atoms with E-state index in [-0.39, 0.29) is 6.10 Å². The first-order chi connectivity index (χ1) is 10.3. The standard InChI is InChI=1S/C17H20N2O2/c1-2-8-18-13-9-10-6-7-12(19-20)17-15(10)16-11(13)4-3-5-14(16)21-17/h2,6-7,11,13-14,16,18H,1,3-5,8-9H2. The van der Waals surface area contributed by atoms with Crippen molar-refractivity contribution < 1.29 is 4.74 Å². The molecule has 3 aliphatic rings. The molecule has 2 aliphatic carbocycles. The van der Waals surface area contributed by atoms with E-state index in [9.17, 15) is 4.91 Å². The average molecular weight is 284 g/mol. The van der Waals surface area contributed by atoms with Crippen molar-refractivity contribution in [2.75, 3.05) is 6.54 Å². The van der Waals surface area contributed by atoms with E-state index >= 15 is 0 Å². The van der Waals surface area contributed by atoms with Gasteiger partial charge in [0.05, 0.1) is 0 Å². The summed E-state index contributed by atoms with van der Waals surface area (Å²) in [5.74, 6) is 1.80. The van der Waals surface area contributed by atoms with Crippen molar-refractivity contribution in [3.05, 3.63) is 40.8 Å². The fourth-order valence-electron chi connectivity index (χ4n) is 4.54. The first-order valence-electron chi connectivity index (χ1n) is 7.83. The SMILES string of the molecule is C=CCNC1Cc2ccc(N=O)c3c2C2C(CCCC12)O3. The lowest BCUT2D eigenvalue weighted by molar-refractivity contribution is 0.104. The summed E-state index contributed by atoms with van der Waals surface area (Å²) in [4.78, 5) is 11.0. The maximum absolute atomic E-state index is 11.0. The fourth-order valence-corrected chi connectivity index (χ4v) is 4.54. The van der Waals surface area contributed by atoms with Crippen molar-refractivity contribution in [2.45, 2.75) is 43.7 Å². The van der Waals surface area contributed by atoms with Crippen LogP contribution >= 0.6 is 0 Å². The smallest absolute Gasteiger partial charge is 0.152 e. The van der Waals surface area contributed by atoms with E-state index in [1.54, 1.807) is 0 Å². The number of ether oxygens (including phenoxy) is 1. The molecule has 0 aromatic heterocycles. The number of nitroso groups, excluding NO2 is 1. The summed E-state index contributed by atoms with van der Waals surface area (Å²) < 4.78 is 6.14. The zero-order chi connectivity index (χ0) is 14.4. The zero-order valence-corrected chi connectivity index (χ0v) is 12.0. The van der Waals surface area contributed by atoms with Crippen LogP contribution in [0.4, 0.5) is 5.69 Å². The summed E-state index contributed by atoms with van der Waals surface area (Å²) in [6.45, 7) is 4.65. The Morgan fingerprint density at radius 3 is 3.14 bits per heavy atom. The summed E-state index contributed by atoms with van der Waals surface area (Å²) in [6.07, 6.45) is 6.68. The van der Waals surface area contributed by atoms with Gasteiger partial charge in [0.1, 0.15) is 11.8 Å². The second-order valence-electron chi connectivity index (χ2n) is 6.36. The zero-order valence-electron chi connectivity index (χ0n) is 12.0. The van der Waals surface area contributed by atoms with E-state index in [4.69, 9.17) is 4.74 Å². The summed E-state index contributed by atoms with van der Waals surface area (Å²) in [5, 5.41) is 6.78. The van der Waals surface area contributed by atoms with Gasteiger partial charge in [-0.05, 0) is 48.4 Å². The Balaban J connectivity index is 1.79. The van der Waals surface area contributed by atoms with Crippen molar-refractivity contribution in [3.63, 3.8) is 0 Å². The van der Waals surface area contributed by atoms with E-state index in [1.807, 2.05) is 12.1 Å². The molecule has 1 aliphatic heterocycles. The molecule has 1 N–H and O–H groups in total. The maximum Gasteiger partial charge on any atom is 0.152 e. The van der Waals surface area contributed by atoms with Crippen molar-refractivity contribution in [3.8, 4) is 5.75 Å². The molecule has 0 spiro atoms. The van der Waals surface area contributed by atoms with Crippen LogP contribution in [-0.2, 0) is 6.42 Å². The molecule has 4 rings (SSSR count). The van der Waals surface area contributed by atoms with E-state index in [0.717, 1.165) is 25.1 Å². The minimum atomic E-state index is 0.230. The van der Waals surface area contributed by atoms with E-state index < -0.39 is 0 Å². The minimum Gasteiger partial charge on any atom is -0.487 e. The minimum absolute atomic E-state index is 0.230. The average Bonchev–Trinajstić information content (AvgIpc) is 2.91. The van der Waals surface area contributed by atoms with E-state index in [0.29, 0.717) is 23.6 Å². The van der Waals surface area contributed by atoms with Crippen LogP contribution in [0.3, 0.4) is 0 Å². The van der Waals surface area contributed by atoms with Crippen molar-refractivity contribution in [2.24, 2.45) is 11.1 Å². The molecule has 4 heteroatoms. The predicted octanol–water partition coefficient (Wildman–Crippen LogP) is 3.43. The lowest BCUT2D eigenvalue weighted by atomic mass is 9.65. The number of nitrogens with one attached hydrogen (secondary N) is 1. The molecular formula is C17H20N2O2. The maximum atomic E-state index is 11.0. The molecule has 1 saturated carbocycles. The monoisotopic (exact) mass is 284 g/mol. The van der Waals surface area contributed by atoms with Gasteiger partial charge < -0.3 is 10.1 Å². The summed E-state index contributed by atoms with van der Waals surface area (Å²) in [7, 11) is 0. The normalized spacial score (nSPS) is 32.2. The van der Waals surface area contributed by atoms with Gasteiger partial charge in [0.25, 0.3) is 0 Å². The lowest BCUT2D eigenvalue weighted by Crippen LogP contribution is -2.47. The molecule has 110 valence electrons. The van der Waals surface area contributed by atoms with Crippen LogP contribution in [0.2, 0.25) is 0 Å². The summed E-state index contributed by atoms with van der Waals surface area (Å²) in [6, 6.07) is 4.35. The quantitative estimate of drug-likeness (QED) is 0.680. The number of nitrogens with zero attached hydrogens (tertiary/aromatic N) is 1. The number of rotatable bonds is 4. The number of hydrogen-bond acceptors (Lipinski definition) is 4. The predicted molar refractivity (Wildman–Crippen MR) is 82.1 cm³/mol. The Morgan fingerprint density at radius 1 is 1.43 bits per heavy atom. The van der Waals surface area contributed by atoms with Crippen molar-refractivity contribution in [1.29, 1.82) is 0 Å². The second kappa shape index (κ2) is 4.95. The largest absolute Gasteiger partial charge is 0.487 e. The third-order valence-corrected chi connectivity index (χ3v) is 5.34. The highest BCUT2D eigenvalue weighted by molar-refractivity contribution is 5.63. The molecule has 0 bridgehead atoms. The Morgan fingerprint density at radius 2 is 2.33 bits per heavy atom. The third-order valence-electron chi connectivity index (χ3n) is 5.34. The Labute approximate surface area is 124 Å². The summed E-state index contributed by atoms with van der Waals surface area (Å²) in [5.41, 5.74) is 3.07. The first-order valence-corrected chi connectivity index (χ1v) is 7.83. The van der Waals surface area contributed by atoms with Gasteiger partial charge in [-0.25, -0.2) is 0 Å². The first kappa shape index (κ1) is 13.0. The Kier molecular flexibility index (Phi) is 3.07. The molecule has 4 atom stereocenters. The number of hydrogen-bond donors (Lipinski definition) is 1. The molecule has 0 saturated heterocycles. The molecule has 1 heterocycles. The van der Waals surface area contributed by atoms with Gasteiger partial charge >= 0.3 is 0 Å². The van der Waals surface area contributed by atoms with Gasteiger partial charge in [-0.1, -0.05) is 12.1 Å². The van der Waals surface area contributed by atoms with Gasteiger partial charge in [-0.15, -0.1) is 11.5 Å². The molecule has 1 aromatic carbocycles. The highest BCUT2D eigenvalue weighted by Gasteiger charge is 2.49. The molecule has 0 radical (unpaired) electrons. The van der Waals surface area contributed by atoms with Gasteiger partial charge in [0.15, 0.2) is 5.75 Å². The molecule has 1 aromatic rings. The Hall–Kier alpha value is -1.68. The van der Waals surface area contributed by atoms with Gasteiger partial charge in [-0.3, -0.25) is 0 Å². The third kappa shape index (κ3) is 1.85. The lowest BCUT2D eigenvalue weighted by Gasteiger charge is -2.42. The molecule has 4 nitrogen and oxygen atoms in total. The van der Waals surface area contributed by atoms with Crippen LogP contribution in [0.1, 0.15) is 36.3 Å². The molecule has 0 amide bonds. The topological polar surface area (TPSA) is 50.7 Å². The highest BCUT2D eigenvalue weighted by Crippen LogP contribution is 2.56. The van der Waals surface area contributed by atoms with Gasteiger partial charge in [-0.2, -0.15) is 0 Å². The van der Waals surface area contributed by atoms with Crippen LogP contribution in [-0.4, -0.2) is 18.7 Å². The van der Waals surface area contributed by atoms with Crippen LogP contribution in [0.25, 0.3) is 0 Å². The van der Waals surface area contributed by atoms with E-state index in [2.05, 4.69) is 23.1 Å². The fraction of sp³-hybridized carbons (Fsp3) is 0.529. The highest BCUT2D eigenvalue weighted by atomic mass is 16.5. The molecule has 1 fully saturated rings. The molecule has 21 heavy (non-hydrogen) atoms. The van der Waals surface area contributed by atoms with Crippen LogP contribution in [0.5, 0.6) is 5.75 Å². The van der Waals surface area contributed by atoms with Crippen molar-refractivity contribution >= 4 is 5.69 Å². The van der Waals surface area contributed by atoms with Crippen LogP contribution in [0, 0.1) is 10.8 Å². The van der Waals surface area contributed by atoms with Gasteiger partial charge in [0, 0.05) is 24.1 Å². The molecule has 4 unspecified atom stereocenters.